The molecule has 170 valence electrons. The molecule has 0 aliphatic carbocycles. The summed E-state index contributed by atoms with van der Waals surface area (Å²) in [5.74, 6) is 0.682. The Bertz CT molecular complexity index is 794. The summed E-state index contributed by atoms with van der Waals surface area (Å²) >= 11 is 0. The van der Waals surface area contributed by atoms with E-state index in [-0.39, 0.29) is 47.4 Å². The molecular formula is C19H32IN5O4S. The topological polar surface area (TPSA) is 123 Å². The van der Waals surface area contributed by atoms with E-state index in [9.17, 15) is 18.3 Å². The maximum Gasteiger partial charge on any atom is 0.251 e. The number of rotatable bonds is 8. The average Bonchev–Trinajstić information content (AvgIpc) is 2.72. The zero-order chi connectivity index (χ0) is 21.3. The third-order valence-electron chi connectivity index (χ3n) is 4.69. The summed E-state index contributed by atoms with van der Waals surface area (Å²) in [5.41, 5.74) is 0.477. The van der Waals surface area contributed by atoms with E-state index in [4.69, 9.17) is 0 Å². The smallest absolute Gasteiger partial charge is 0.251 e. The Hall–Kier alpha value is -1.60. The standard InChI is InChI=1S/C19H31N5O4S.HI/c1-3-20-19(23-16-9-13-24(14-10-16)29(27,28)4-2)22-12-11-21-18(26)15-5-7-17(25)8-6-15;/h5-8,16,25H,3-4,9-14H2,1-2H3,(H,21,26)(H2,20,22,23);1H. The van der Waals surface area contributed by atoms with Crippen molar-refractivity contribution in [2.45, 2.75) is 32.7 Å². The summed E-state index contributed by atoms with van der Waals surface area (Å²) in [7, 11) is -3.13. The van der Waals surface area contributed by atoms with Gasteiger partial charge in [-0.3, -0.25) is 9.79 Å². The molecule has 0 atom stereocenters. The average molecular weight is 553 g/mol. The molecule has 9 nitrogen and oxygen atoms in total. The number of guanidine groups is 1. The number of benzene rings is 1. The lowest BCUT2D eigenvalue weighted by atomic mass is 10.1. The molecule has 1 aliphatic rings. The molecule has 11 heteroatoms. The number of aromatic hydroxyl groups is 1. The van der Waals surface area contributed by atoms with Crippen LogP contribution in [-0.2, 0) is 10.0 Å². The molecule has 4 N–H and O–H groups in total. The van der Waals surface area contributed by atoms with Crippen LogP contribution in [0.25, 0.3) is 0 Å². The van der Waals surface area contributed by atoms with Crippen LogP contribution in [0.1, 0.15) is 37.0 Å². The summed E-state index contributed by atoms with van der Waals surface area (Å²) < 4.78 is 25.5. The molecule has 1 fully saturated rings. The maximum absolute atomic E-state index is 12.1. The van der Waals surface area contributed by atoms with Crippen LogP contribution in [0, 0.1) is 0 Å². The molecular weight excluding hydrogens is 521 g/mol. The fourth-order valence-electron chi connectivity index (χ4n) is 3.03. The van der Waals surface area contributed by atoms with Gasteiger partial charge in [0.1, 0.15) is 5.75 Å². The number of piperidine rings is 1. The van der Waals surface area contributed by atoms with Crippen molar-refractivity contribution in [2.24, 2.45) is 4.99 Å². The van der Waals surface area contributed by atoms with E-state index in [1.807, 2.05) is 6.92 Å². The van der Waals surface area contributed by atoms with Crippen LogP contribution in [0.4, 0.5) is 0 Å². The van der Waals surface area contributed by atoms with Crippen molar-refractivity contribution < 1.29 is 18.3 Å². The Morgan fingerprint density at radius 1 is 1.17 bits per heavy atom. The number of nitrogens with zero attached hydrogens (tertiary/aromatic N) is 2. The van der Waals surface area contributed by atoms with Crippen molar-refractivity contribution in [3.63, 3.8) is 0 Å². The summed E-state index contributed by atoms with van der Waals surface area (Å²) in [4.78, 5) is 16.5. The molecule has 1 aromatic rings. The van der Waals surface area contributed by atoms with Gasteiger partial charge in [0, 0.05) is 37.8 Å². The van der Waals surface area contributed by atoms with Gasteiger partial charge >= 0.3 is 0 Å². The number of aliphatic imine (C=N–C) groups is 1. The Balaban J connectivity index is 0.00000450. The quantitative estimate of drug-likeness (QED) is 0.166. The Morgan fingerprint density at radius 2 is 1.80 bits per heavy atom. The second-order valence-electron chi connectivity index (χ2n) is 6.78. The predicted octanol–water partition coefficient (Wildman–Crippen LogP) is 1.11. The van der Waals surface area contributed by atoms with Crippen LogP contribution in [0.15, 0.2) is 29.3 Å². The van der Waals surface area contributed by atoms with Crippen LogP contribution in [0.5, 0.6) is 5.75 Å². The Morgan fingerprint density at radius 3 is 2.37 bits per heavy atom. The monoisotopic (exact) mass is 553 g/mol. The minimum atomic E-state index is -3.13. The molecule has 0 spiro atoms. The third-order valence-corrected chi connectivity index (χ3v) is 6.58. The van der Waals surface area contributed by atoms with E-state index >= 15 is 0 Å². The van der Waals surface area contributed by atoms with Crippen LogP contribution < -0.4 is 16.0 Å². The lowest BCUT2D eigenvalue weighted by Gasteiger charge is -2.32. The van der Waals surface area contributed by atoms with Crippen LogP contribution in [0.3, 0.4) is 0 Å². The highest BCUT2D eigenvalue weighted by Gasteiger charge is 2.26. The highest BCUT2D eigenvalue weighted by molar-refractivity contribution is 14.0. The number of hydrogen-bond donors (Lipinski definition) is 4. The minimum absolute atomic E-state index is 0. The second-order valence-corrected chi connectivity index (χ2v) is 9.04. The Kier molecular flexibility index (Phi) is 11.4. The minimum Gasteiger partial charge on any atom is -0.508 e. The van der Waals surface area contributed by atoms with E-state index < -0.39 is 10.0 Å². The van der Waals surface area contributed by atoms with Gasteiger partial charge in [0.2, 0.25) is 10.0 Å². The van der Waals surface area contributed by atoms with Crippen molar-refractivity contribution in [3.8, 4) is 5.75 Å². The molecule has 0 bridgehead atoms. The molecule has 0 unspecified atom stereocenters. The number of carbonyl (C=O) groups excluding carboxylic acids is 1. The third kappa shape index (κ3) is 8.26. The number of hydrogen-bond acceptors (Lipinski definition) is 5. The van der Waals surface area contributed by atoms with Gasteiger partial charge in [-0.05, 0) is 51.0 Å². The van der Waals surface area contributed by atoms with Crippen molar-refractivity contribution in [2.75, 3.05) is 38.5 Å². The van der Waals surface area contributed by atoms with Gasteiger partial charge in [-0.25, -0.2) is 12.7 Å². The first-order valence-electron chi connectivity index (χ1n) is 9.95. The van der Waals surface area contributed by atoms with E-state index in [2.05, 4.69) is 20.9 Å². The second kappa shape index (κ2) is 13.0. The van der Waals surface area contributed by atoms with Gasteiger partial charge in [0.15, 0.2) is 5.96 Å². The summed E-state index contributed by atoms with van der Waals surface area (Å²) in [6, 6.07) is 6.21. The number of nitrogens with one attached hydrogen (secondary N) is 3. The van der Waals surface area contributed by atoms with Crippen molar-refractivity contribution in [3.05, 3.63) is 29.8 Å². The van der Waals surface area contributed by atoms with Gasteiger partial charge in [-0.15, -0.1) is 24.0 Å². The Labute approximate surface area is 195 Å². The molecule has 0 saturated carbocycles. The SMILES string of the molecule is CCNC(=NCCNC(=O)c1ccc(O)cc1)NC1CCN(S(=O)(=O)CC)CC1.I. The van der Waals surface area contributed by atoms with Crippen molar-refractivity contribution >= 4 is 45.9 Å². The predicted molar refractivity (Wildman–Crippen MR) is 129 cm³/mol. The number of amides is 1. The number of carbonyl (C=O) groups is 1. The molecule has 1 aliphatic heterocycles. The van der Waals surface area contributed by atoms with E-state index in [1.54, 1.807) is 23.4 Å². The lowest BCUT2D eigenvalue weighted by Crippen LogP contribution is -2.50. The summed E-state index contributed by atoms with van der Waals surface area (Å²) in [6.07, 6.45) is 1.45. The maximum atomic E-state index is 12.1. The van der Waals surface area contributed by atoms with E-state index in [1.165, 1.54) is 12.1 Å². The first-order valence-corrected chi connectivity index (χ1v) is 11.6. The summed E-state index contributed by atoms with van der Waals surface area (Å²) in [5, 5.41) is 18.6. The first kappa shape index (κ1) is 26.4. The molecule has 1 saturated heterocycles. The van der Waals surface area contributed by atoms with Crippen LogP contribution >= 0.6 is 24.0 Å². The van der Waals surface area contributed by atoms with Crippen LogP contribution in [0.2, 0.25) is 0 Å². The lowest BCUT2D eigenvalue weighted by molar-refractivity contribution is 0.0954. The summed E-state index contributed by atoms with van der Waals surface area (Å²) in [6.45, 7) is 6.14. The highest BCUT2D eigenvalue weighted by atomic mass is 127. The zero-order valence-electron chi connectivity index (χ0n) is 17.4. The molecule has 1 heterocycles. The number of phenols is 1. The van der Waals surface area contributed by atoms with Gasteiger partial charge in [-0.1, -0.05) is 0 Å². The molecule has 30 heavy (non-hydrogen) atoms. The fraction of sp³-hybridized carbons (Fsp3) is 0.579. The van der Waals surface area contributed by atoms with Gasteiger partial charge < -0.3 is 21.1 Å². The molecule has 1 amide bonds. The van der Waals surface area contributed by atoms with Crippen molar-refractivity contribution in [1.29, 1.82) is 0 Å². The normalized spacial score (nSPS) is 15.9. The first-order chi connectivity index (χ1) is 13.9. The number of halogens is 1. The van der Waals surface area contributed by atoms with Crippen molar-refractivity contribution in [1.82, 2.24) is 20.3 Å². The molecule has 1 aromatic carbocycles. The van der Waals surface area contributed by atoms with Crippen LogP contribution in [-0.4, -0.2) is 74.2 Å². The fourth-order valence-corrected chi connectivity index (χ4v) is 4.16. The van der Waals surface area contributed by atoms with Gasteiger partial charge in [-0.2, -0.15) is 0 Å². The number of phenolic OH excluding ortho intramolecular Hbond substituents is 1. The highest BCUT2D eigenvalue weighted by Crippen LogP contribution is 2.14. The molecule has 0 radical (unpaired) electrons. The largest absolute Gasteiger partial charge is 0.508 e. The van der Waals surface area contributed by atoms with E-state index in [0.29, 0.717) is 44.2 Å². The van der Waals surface area contributed by atoms with E-state index in [0.717, 1.165) is 12.8 Å². The molecule has 2 rings (SSSR count). The number of sulfonamides is 1. The van der Waals surface area contributed by atoms with Gasteiger partial charge in [0.05, 0.1) is 12.3 Å². The molecule has 0 aromatic heterocycles. The zero-order valence-corrected chi connectivity index (χ0v) is 20.6. The van der Waals surface area contributed by atoms with Gasteiger partial charge in [0.25, 0.3) is 5.91 Å².